The Labute approximate surface area is 122 Å². The number of rotatable bonds is 7. The van der Waals surface area contributed by atoms with Crippen LogP contribution in [0, 0.1) is 0 Å². The Kier molecular flexibility index (Phi) is 5.49. The lowest BCUT2D eigenvalue weighted by molar-refractivity contribution is -0.143. The molecule has 0 amide bonds. The molecule has 2 aromatic rings. The van der Waals surface area contributed by atoms with E-state index in [-0.39, 0.29) is 5.97 Å². The molecule has 0 unspecified atom stereocenters. The van der Waals surface area contributed by atoms with Crippen LogP contribution in [-0.4, -0.2) is 22.5 Å². The number of nitrogens with one attached hydrogen (secondary N) is 1. The zero-order valence-electron chi connectivity index (χ0n) is 11.3. The molecule has 0 atom stereocenters. The molecule has 0 bridgehead atoms. The van der Waals surface area contributed by atoms with Crippen LogP contribution in [0.4, 0.5) is 5.13 Å². The molecule has 0 aromatic carbocycles. The van der Waals surface area contributed by atoms with Crippen LogP contribution in [0.5, 0.6) is 0 Å². The van der Waals surface area contributed by atoms with Crippen LogP contribution in [0.15, 0.2) is 29.8 Å². The number of aromatic nitrogens is 2. The van der Waals surface area contributed by atoms with Crippen molar-refractivity contribution in [2.75, 3.05) is 11.9 Å². The monoisotopic (exact) mass is 291 g/mol. The summed E-state index contributed by atoms with van der Waals surface area (Å²) in [6.45, 7) is 2.87. The van der Waals surface area contributed by atoms with Crippen LogP contribution in [0.1, 0.15) is 24.7 Å². The van der Waals surface area contributed by atoms with Gasteiger partial charge in [-0.25, -0.2) is 4.98 Å². The van der Waals surface area contributed by atoms with Gasteiger partial charge in [0.15, 0.2) is 5.13 Å². The van der Waals surface area contributed by atoms with E-state index in [1.807, 2.05) is 23.6 Å². The lowest BCUT2D eigenvalue weighted by Gasteiger charge is -2.01. The second-order valence-corrected chi connectivity index (χ2v) is 4.98. The number of carbonyl (C=O) groups is 1. The Morgan fingerprint density at radius 3 is 3.05 bits per heavy atom. The highest BCUT2D eigenvalue weighted by Gasteiger charge is 2.06. The maximum absolute atomic E-state index is 11.3. The first-order chi connectivity index (χ1) is 9.78. The molecule has 0 saturated carbocycles. The van der Waals surface area contributed by atoms with Gasteiger partial charge in [-0.05, 0) is 19.1 Å². The molecule has 5 nitrogen and oxygen atoms in total. The van der Waals surface area contributed by atoms with E-state index >= 15 is 0 Å². The van der Waals surface area contributed by atoms with Crippen molar-refractivity contribution in [1.82, 2.24) is 9.97 Å². The summed E-state index contributed by atoms with van der Waals surface area (Å²) < 4.78 is 4.89. The predicted molar refractivity (Wildman–Crippen MR) is 78.6 cm³/mol. The largest absolute Gasteiger partial charge is 0.466 e. The summed E-state index contributed by atoms with van der Waals surface area (Å²) in [4.78, 5) is 19.9. The Bertz CT molecular complexity index is 542. The summed E-state index contributed by atoms with van der Waals surface area (Å²) in [5.74, 6) is -0.177. The topological polar surface area (TPSA) is 64.1 Å². The molecule has 1 N–H and O–H groups in total. The molecule has 2 rings (SSSR count). The quantitative estimate of drug-likeness (QED) is 0.794. The highest BCUT2D eigenvalue weighted by molar-refractivity contribution is 7.13. The van der Waals surface area contributed by atoms with Gasteiger partial charge in [-0.2, -0.15) is 0 Å². The maximum Gasteiger partial charge on any atom is 0.306 e. The molecule has 6 heteroatoms. The van der Waals surface area contributed by atoms with Gasteiger partial charge in [-0.3, -0.25) is 9.78 Å². The van der Waals surface area contributed by atoms with Crippen molar-refractivity contribution in [3.05, 3.63) is 41.2 Å². The number of carbonyl (C=O) groups excluding carboxylic acids is 1. The average Bonchev–Trinajstić information content (AvgIpc) is 2.92. The minimum Gasteiger partial charge on any atom is -0.466 e. The minimum atomic E-state index is -0.177. The molecule has 106 valence electrons. The number of ether oxygens (including phenoxy) is 1. The van der Waals surface area contributed by atoms with Crippen molar-refractivity contribution >= 4 is 22.4 Å². The number of aryl methyl sites for hydroxylation is 1. The van der Waals surface area contributed by atoms with Gasteiger partial charge < -0.3 is 10.1 Å². The Morgan fingerprint density at radius 2 is 2.30 bits per heavy atom. The second-order valence-electron chi connectivity index (χ2n) is 4.12. The highest BCUT2D eigenvalue weighted by atomic mass is 32.1. The van der Waals surface area contributed by atoms with Crippen molar-refractivity contribution in [3.8, 4) is 0 Å². The van der Waals surface area contributed by atoms with E-state index in [0.717, 1.165) is 16.5 Å². The van der Waals surface area contributed by atoms with E-state index in [1.54, 1.807) is 13.1 Å². The normalized spacial score (nSPS) is 10.2. The first kappa shape index (κ1) is 14.5. The number of thiazole rings is 1. The van der Waals surface area contributed by atoms with E-state index in [1.165, 1.54) is 11.3 Å². The summed E-state index contributed by atoms with van der Waals surface area (Å²) in [6.07, 6.45) is 2.75. The van der Waals surface area contributed by atoms with Gasteiger partial charge in [-0.1, -0.05) is 6.07 Å². The zero-order chi connectivity index (χ0) is 14.2. The van der Waals surface area contributed by atoms with Crippen LogP contribution in [0.3, 0.4) is 0 Å². The summed E-state index contributed by atoms with van der Waals surface area (Å²) in [5, 5.41) is 6.02. The van der Waals surface area contributed by atoms with Gasteiger partial charge in [0.1, 0.15) is 0 Å². The molecule has 0 saturated heterocycles. The number of hydrogen-bond donors (Lipinski definition) is 1. The predicted octanol–water partition coefficient (Wildman–Crippen LogP) is 2.65. The summed E-state index contributed by atoms with van der Waals surface area (Å²) in [7, 11) is 0. The van der Waals surface area contributed by atoms with Crippen LogP contribution < -0.4 is 5.32 Å². The fourth-order valence-electron chi connectivity index (χ4n) is 1.64. The van der Waals surface area contributed by atoms with Gasteiger partial charge in [0.25, 0.3) is 0 Å². The van der Waals surface area contributed by atoms with Crippen LogP contribution >= 0.6 is 11.3 Å². The number of esters is 1. The number of hydrogen-bond acceptors (Lipinski definition) is 6. The lowest BCUT2D eigenvalue weighted by atomic mass is 10.2. The maximum atomic E-state index is 11.3. The van der Waals surface area contributed by atoms with Crippen molar-refractivity contribution in [2.24, 2.45) is 0 Å². The molecule has 0 aliphatic carbocycles. The van der Waals surface area contributed by atoms with Crippen molar-refractivity contribution in [3.63, 3.8) is 0 Å². The third-order valence-electron chi connectivity index (χ3n) is 2.59. The number of nitrogens with zero attached hydrogens (tertiary/aromatic N) is 2. The summed E-state index contributed by atoms with van der Waals surface area (Å²) in [6, 6.07) is 5.80. The molecule has 0 aliphatic rings. The van der Waals surface area contributed by atoms with Crippen LogP contribution in [0.25, 0.3) is 0 Å². The molecule has 2 aromatic heterocycles. The van der Waals surface area contributed by atoms with E-state index in [2.05, 4.69) is 15.3 Å². The van der Waals surface area contributed by atoms with E-state index in [0.29, 0.717) is 26.0 Å². The first-order valence-corrected chi connectivity index (χ1v) is 7.39. The molecule has 20 heavy (non-hydrogen) atoms. The molecule has 2 heterocycles. The number of pyridine rings is 1. The third kappa shape index (κ3) is 4.62. The van der Waals surface area contributed by atoms with Gasteiger partial charge >= 0.3 is 5.97 Å². The van der Waals surface area contributed by atoms with Gasteiger partial charge in [0.05, 0.1) is 31.0 Å². The Hall–Kier alpha value is -1.95. The Morgan fingerprint density at radius 1 is 1.40 bits per heavy atom. The molecular formula is C14H17N3O2S. The average molecular weight is 291 g/mol. The van der Waals surface area contributed by atoms with E-state index < -0.39 is 0 Å². The fourth-order valence-corrected chi connectivity index (χ4v) is 2.38. The van der Waals surface area contributed by atoms with Crippen molar-refractivity contribution < 1.29 is 9.53 Å². The third-order valence-corrected chi connectivity index (χ3v) is 3.44. The Balaban J connectivity index is 1.79. The van der Waals surface area contributed by atoms with Crippen LogP contribution in [-0.2, 0) is 22.5 Å². The standard InChI is InChI=1S/C14H17N3O2S/c1-2-19-13(18)7-6-12-10-20-14(17-12)16-9-11-5-3-4-8-15-11/h3-5,8,10H,2,6-7,9H2,1H3,(H,16,17). The van der Waals surface area contributed by atoms with Gasteiger partial charge in [0, 0.05) is 18.0 Å². The van der Waals surface area contributed by atoms with Gasteiger partial charge in [-0.15, -0.1) is 11.3 Å². The molecule has 0 radical (unpaired) electrons. The number of anilines is 1. The lowest BCUT2D eigenvalue weighted by Crippen LogP contribution is -2.05. The molecule has 0 fully saturated rings. The molecule has 0 aliphatic heterocycles. The van der Waals surface area contributed by atoms with Crippen molar-refractivity contribution in [1.29, 1.82) is 0 Å². The van der Waals surface area contributed by atoms with Gasteiger partial charge in [0.2, 0.25) is 0 Å². The summed E-state index contributed by atoms with van der Waals surface area (Å²) in [5.41, 5.74) is 1.88. The molecular weight excluding hydrogens is 274 g/mol. The van der Waals surface area contributed by atoms with Crippen molar-refractivity contribution in [2.45, 2.75) is 26.3 Å². The zero-order valence-corrected chi connectivity index (χ0v) is 12.2. The summed E-state index contributed by atoms with van der Waals surface area (Å²) >= 11 is 1.53. The fraction of sp³-hybridized carbons (Fsp3) is 0.357. The highest BCUT2D eigenvalue weighted by Crippen LogP contribution is 2.17. The second kappa shape index (κ2) is 7.59. The van der Waals surface area contributed by atoms with E-state index in [9.17, 15) is 4.79 Å². The smallest absolute Gasteiger partial charge is 0.306 e. The van der Waals surface area contributed by atoms with Crippen LogP contribution in [0.2, 0.25) is 0 Å². The first-order valence-electron chi connectivity index (χ1n) is 6.51. The van der Waals surface area contributed by atoms with E-state index in [4.69, 9.17) is 4.74 Å². The molecule has 0 spiro atoms. The minimum absolute atomic E-state index is 0.177. The SMILES string of the molecule is CCOC(=O)CCc1csc(NCc2ccccn2)n1.